The summed E-state index contributed by atoms with van der Waals surface area (Å²) in [7, 11) is 3.59. The van der Waals surface area contributed by atoms with Crippen LogP contribution < -0.4 is 4.74 Å². The van der Waals surface area contributed by atoms with E-state index in [2.05, 4.69) is 15.0 Å². The molecule has 0 N–H and O–H groups in total. The minimum Gasteiger partial charge on any atom is -0.481 e. The highest BCUT2D eigenvalue weighted by atomic mass is 19.1. The maximum absolute atomic E-state index is 13.4. The van der Waals surface area contributed by atoms with Gasteiger partial charge in [-0.15, -0.1) is 0 Å². The number of pyridine rings is 1. The van der Waals surface area contributed by atoms with E-state index in [1.807, 2.05) is 18.0 Å². The molecule has 0 atom stereocenters. The van der Waals surface area contributed by atoms with Gasteiger partial charge in [-0.1, -0.05) is 0 Å². The largest absolute Gasteiger partial charge is 0.481 e. The molecule has 0 radical (unpaired) electrons. The minimum absolute atomic E-state index is 0.110. The Hall–Kier alpha value is -3.26. The molecule has 1 fully saturated rings. The van der Waals surface area contributed by atoms with Gasteiger partial charge in [0.2, 0.25) is 5.88 Å². The lowest BCUT2D eigenvalue weighted by molar-refractivity contribution is 0.0657. The molecule has 7 nitrogen and oxygen atoms in total. The number of methoxy groups -OCH3 is 1. The average molecular weight is 395 g/mol. The number of carbonyl (C=O) groups excluding carboxylic acids is 1. The molecule has 1 saturated heterocycles. The van der Waals surface area contributed by atoms with Crippen LogP contribution in [0.4, 0.5) is 4.39 Å². The highest BCUT2D eigenvalue weighted by Gasteiger charge is 2.24. The Morgan fingerprint density at radius 3 is 2.41 bits per heavy atom. The van der Waals surface area contributed by atoms with Crippen LogP contribution in [0.3, 0.4) is 0 Å². The van der Waals surface area contributed by atoms with Crippen molar-refractivity contribution in [1.29, 1.82) is 0 Å². The molecule has 1 aliphatic heterocycles. The molecule has 0 spiro atoms. The Morgan fingerprint density at radius 1 is 1.07 bits per heavy atom. The van der Waals surface area contributed by atoms with Gasteiger partial charge in [0.15, 0.2) is 5.69 Å². The second-order valence-electron chi connectivity index (χ2n) is 6.99. The number of benzene rings is 1. The van der Waals surface area contributed by atoms with E-state index >= 15 is 0 Å². The van der Waals surface area contributed by atoms with Crippen molar-refractivity contribution in [3.05, 3.63) is 60.2 Å². The van der Waals surface area contributed by atoms with Crippen LogP contribution in [0.2, 0.25) is 0 Å². The Bertz CT molecular complexity index is 993. The van der Waals surface area contributed by atoms with Crippen molar-refractivity contribution in [3.63, 3.8) is 0 Å². The van der Waals surface area contributed by atoms with E-state index in [0.29, 0.717) is 36.0 Å². The Morgan fingerprint density at radius 2 is 1.79 bits per heavy atom. The van der Waals surface area contributed by atoms with Crippen LogP contribution in [-0.4, -0.2) is 70.8 Å². The lowest BCUT2D eigenvalue weighted by Crippen LogP contribution is -2.47. The third-order valence-corrected chi connectivity index (χ3v) is 5.03. The lowest BCUT2D eigenvalue weighted by atomic mass is 10.1. The van der Waals surface area contributed by atoms with E-state index in [4.69, 9.17) is 4.74 Å². The molecule has 29 heavy (non-hydrogen) atoms. The number of piperazine rings is 1. The molecule has 0 saturated carbocycles. The number of halogens is 1. The molecular formula is C21H22FN5O2. The summed E-state index contributed by atoms with van der Waals surface area (Å²) in [6.07, 6.45) is 1.63. The van der Waals surface area contributed by atoms with Crippen LogP contribution in [0.1, 0.15) is 10.5 Å². The summed E-state index contributed by atoms with van der Waals surface area (Å²) in [5.74, 6) is 0.0549. The minimum atomic E-state index is -0.320. The Balaban J connectivity index is 1.73. The number of rotatable bonds is 4. The van der Waals surface area contributed by atoms with Crippen molar-refractivity contribution in [2.75, 3.05) is 40.3 Å². The summed E-state index contributed by atoms with van der Waals surface area (Å²) in [4.78, 5) is 21.3. The summed E-state index contributed by atoms with van der Waals surface area (Å²) >= 11 is 0. The van der Waals surface area contributed by atoms with Crippen molar-refractivity contribution < 1.29 is 13.9 Å². The average Bonchev–Trinajstić information content (AvgIpc) is 3.20. The predicted octanol–water partition coefficient (Wildman–Crippen LogP) is 2.47. The van der Waals surface area contributed by atoms with Crippen molar-refractivity contribution in [2.45, 2.75) is 0 Å². The van der Waals surface area contributed by atoms with Crippen LogP contribution in [0.5, 0.6) is 5.88 Å². The molecule has 1 aromatic carbocycles. The predicted molar refractivity (Wildman–Crippen MR) is 107 cm³/mol. The van der Waals surface area contributed by atoms with Crippen molar-refractivity contribution >= 4 is 5.91 Å². The third kappa shape index (κ3) is 3.97. The van der Waals surface area contributed by atoms with Gasteiger partial charge in [0.1, 0.15) is 5.82 Å². The SMILES string of the molecule is COc1ccc(-n2nc(C(=O)N3CCN(C)CC3)cc2-c2ccc(F)cc2)cn1. The fraction of sp³-hybridized carbons (Fsp3) is 0.286. The second kappa shape index (κ2) is 8.00. The molecule has 0 unspecified atom stereocenters. The molecule has 3 aromatic rings. The smallest absolute Gasteiger partial charge is 0.274 e. The summed E-state index contributed by atoms with van der Waals surface area (Å²) in [6.45, 7) is 3.00. The molecule has 8 heteroatoms. The van der Waals surface area contributed by atoms with Crippen LogP contribution >= 0.6 is 0 Å². The normalized spacial score (nSPS) is 14.8. The van der Waals surface area contributed by atoms with Crippen LogP contribution in [-0.2, 0) is 0 Å². The summed E-state index contributed by atoms with van der Waals surface area (Å²) in [5.41, 5.74) is 2.48. The Labute approximate surface area is 168 Å². The monoisotopic (exact) mass is 395 g/mol. The number of hydrogen-bond donors (Lipinski definition) is 0. The maximum Gasteiger partial charge on any atom is 0.274 e. The molecule has 3 heterocycles. The van der Waals surface area contributed by atoms with E-state index in [9.17, 15) is 9.18 Å². The first-order chi connectivity index (χ1) is 14.0. The summed E-state index contributed by atoms with van der Waals surface area (Å²) in [5, 5.41) is 4.57. The molecule has 2 aromatic heterocycles. The molecule has 0 bridgehead atoms. The van der Waals surface area contributed by atoms with Gasteiger partial charge in [0.25, 0.3) is 5.91 Å². The lowest BCUT2D eigenvalue weighted by Gasteiger charge is -2.31. The molecular weight excluding hydrogens is 373 g/mol. The summed E-state index contributed by atoms with van der Waals surface area (Å²) in [6, 6.07) is 11.4. The highest BCUT2D eigenvalue weighted by molar-refractivity contribution is 5.93. The quantitative estimate of drug-likeness (QED) is 0.679. The standard InChI is InChI=1S/C21H22FN5O2/c1-25-9-11-26(12-10-25)21(28)18-13-19(15-3-5-16(22)6-4-15)27(24-18)17-7-8-20(29-2)23-14-17/h3-8,13-14H,9-12H2,1-2H3. The van der Waals surface area contributed by atoms with Gasteiger partial charge in [-0.25, -0.2) is 14.1 Å². The van der Waals surface area contributed by atoms with Gasteiger partial charge in [-0.05, 0) is 43.4 Å². The number of likely N-dealkylation sites (N-methyl/N-ethyl adjacent to an activating group) is 1. The maximum atomic E-state index is 13.4. The molecule has 150 valence electrons. The third-order valence-electron chi connectivity index (χ3n) is 5.03. The van der Waals surface area contributed by atoms with Crippen LogP contribution in [0.15, 0.2) is 48.7 Å². The van der Waals surface area contributed by atoms with E-state index < -0.39 is 0 Å². The zero-order valence-electron chi connectivity index (χ0n) is 16.4. The van der Waals surface area contributed by atoms with E-state index in [-0.39, 0.29) is 11.7 Å². The second-order valence-corrected chi connectivity index (χ2v) is 6.99. The first-order valence-electron chi connectivity index (χ1n) is 9.39. The fourth-order valence-electron chi connectivity index (χ4n) is 3.30. The first kappa shape index (κ1) is 19.1. The van der Waals surface area contributed by atoms with Gasteiger partial charge in [0, 0.05) is 37.8 Å². The number of carbonyl (C=O) groups is 1. The van der Waals surface area contributed by atoms with Crippen molar-refractivity contribution in [1.82, 2.24) is 24.6 Å². The fourth-order valence-corrected chi connectivity index (χ4v) is 3.30. The molecule has 1 amide bonds. The van der Waals surface area contributed by atoms with Gasteiger partial charge >= 0.3 is 0 Å². The summed E-state index contributed by atoms with van der Waals surface area (Å²) < 4.78 is 20.2. The Kier molecular flexibility index (Phi) is 5.26. The number of nitrogens with zero attached hydrogens (tertiary/aromatic N) is 5. The van der Waals surface area contributed by atoms with Gasteiger partial charge in [-0.2, -0.15) is 5.10 Å². The molecule has 4 rings (SSSR count). The van der Waals surface area contributed by atoms with E-state index in [0.717, 1.165) is 18.7 Å². The van der Waals surface area contributed by atoms with Gasteiger partial charge in [0.05, 0.1) is 24.7 Å². The zero-order valence-corrected chi connectivity index (χ0v) is 16.4. The highest BCUT2D eigenvalue weighted by Crippen LogP contribution is 2.25. The van der Waals surface area contributed by atoms with E-state index in [1.165, 1.54) is 12.1 Å². The van der Waals surface area contributed by atoms with E-state index in [1.54, 1.807) is 42.3 Å². The number of amides is 1. The number of aromatic nitrogens is 3. The van der Waals surface area contributed by atoms with Crippen molar-refractivity contribution in [2.24, 2.45) is 0 Å². The zero-order chi connectivity index (χ0) is 20.4. The number of hydrogen-bond acceptors (Lipinski definition) is 5. The topological polar surface area (TPSA) is 63.5 Å². The first-order valence-corrected chi connectivity index (χ1v) is 9.39. The van der Waals surface area contributed by atoms with Crippen LogP contribution in [0.25, 0.3) is 16.9 Å². The molecule has 1 aliphatic rings. The van der Waals surface area contributed by atoms with Gasteiger partial charge < -0.3 is 14.5 Å². The van der Waals surface area contributed by atoms with Gasteiger partial charge in [-0.3, -0.25) is 4.79 Å². The number of ether oxygens (including phenoxy) is 1. The van der Waals surface area contributed by atoms with Crippen LogP contribution in [0, 0.1) is 5.82 Å². The van der Waals surface area contributed by atoms with Crippen molar-refractivity contribution in [3.8, 4) is 22.8 Å². The molecule has 0 aliphatic carbocycles.